The molecule has 1 unspecified atom stereocenters. The second-order valence-electron chi connectivity index (χ2n) is 3.84. The zero-order chi connectivity index (χ0) is 13.5. The van der Waals surface area contributed by atoms with Crippen LogP contribution in [0.3, 0.4) is 0 Å². The van der Waals surface area contributed by atoms with Crippen molar-refractivity contribution in [2.24, 2.45) is 5.73 Å². The smallest absolute Gasteiger partial charge is 0.305 e. The van der Waals surface area contributed by atoms with Crippen LogP contribution in [0.25, 0.3) is 0 Å². The molecule has 0 aliphatic carbocycles. The molecule has 5 heteroatoms. The quantitative estimate of drug-likeness (QED) is 0.808. The van der Waals surface area contributed by atoms with Crippen molar-refractivity contribution in [1.29, 1.82) is 0 Å². The van der Waals surface area contributed by atoms with Gasteiger partial charge in [0, 0.05) is 17.5 Å². The second-order valence-corrected chi connectivity index (χ2v) is 4.24. The summed E-state index contributed by atoms with van der Waals surface area (Å²) in [4.78, 5) is 11.2. The molecule has 0 aromatic heterocycles. The summed E-state index contributed by atoms with van der Waals surface area (Å²) in [6.45, 7) is 2.16. The highest BCUT2D eigenvalue weighted by Crippen LogP contribution is 2.28. The van der Waals surface area contributed by atoms with E-state index in [0.29, 0.717) is 23.8 Å². The summed E-state index contributed by atoms with van der Waals surface area (Å²) in [5.74, 6) is 0.443. The Labute approximate surface area is 112 Å². The molecule has 0 spiro atoms. The van der Waals surface area contributed by atoms with Gasteiger partial charge < -0.3 is 15.2 Å². The number of carbonyl (C=O) groups excluding carboxylic acids is 1. The van der Waals surface area contributed by atoms with Crippen LogP contribution in [0, 0.1) is 0 Å². The van der Waals surface area contributed by atoms with E-state index < -0.39 is 0 Å². The summed E-state index contributed by atoms with van der Waals surface area (Å²) in [6.07, 6.45) is 0.794. The minimum Gasteiger partial charge on any atom is -0.497 e. The summed E-state index contributed by atoms with van der Waals surface area (Å²) in [6, 6.07) is 5.04. The van der Waals surface area contributed by atoms with E-state index in [2.05, 4.69) is 0 Å². The fourth-order valence-electron chi connectivity index (χ4n) is 1.60. The molecule has 0 heterocycles. The maximum atomic E-state index is 11.2. The number of rotatable bonds is 6. The van der Waals surface area contributed by atoms with Gasteiger partial charge in [0.1, 0.15) is 5.75 Å². The molecule has 0 aliphatic heterocycles. The maximum absolute atomic E-state index is 11.2. The third kappa shape index (κ3) is 4.20. The van der Waals surface area contributed by atoms with Crippen molar-refractivity contribution in [3.8, 4) is 5.75 Å². The Morgan fingerprint density at radius 3 is 2.78 bits per heavy atom. The zero-order valence-corrected chi connectivity index (χ0v) is 11.4. The fraction of sp³-hybridized carbons (Fsp3) is 0.462. The second kappa shape index (κ2) is 7.24. The minimum absolute atomic E-state index is 0.238. The van der Waals surface area contributed by atoms with Crippen LogP contribution < -0.4 is 10.5 Å². The highest BCUT2D eigenvalue weighted by atomic mass is 35.5. The molecule has 0 saturated carbocycles. The van der Waals surface area contributed by atoms with Gasteiger partial charge in [0.15, 0.2) is 0 Å². The zero-order valence-electron chi connectivity index (χ0n) is 10.6. The lowest BCUT2D eigenvalue weighted by atomic mass is 10.0. The number of halogens is 1. The molecule has 1 aromatic rings. The van der Waals surface area contributed by atoms with Crippen molar-refractivity contribution in [3.05, 3.63) is 28.8 Å². The van der Waals surface area contributed by atoms with Crippen molar-refractivity contribution in [2.45, 2.75) is 25.8 Å². The highest BCUT2D eigenvalue weighted by Gasteiger charge is 2.13. The van der Waals surface area contributed by atoms with Gasteiger partial charge in [-0.3, -0.25) is 4.79 Å². The van der Waals surface area contributed by atoms with Crippen LogP contribution in [0.2, 0.25) is 5.02 Å². The summed E-state index contributed by atoms with van der Waals surface area (Å²) >= 11 is 6.10. The summed E-state index contributed by atoms with van der Waals surface area (Å²) in [5, 5.41) is 0.547. The first-order valence-electron chi connectivity index (χ1n) is 5.83. The Bertz CT molecular complexity index is 409. The molecule has 0 amide bonds. The number of carbonyl (C=O) groups is 1. The van der Waals surface area contributed by atoms with Crippen LogP contribution in [0.4, 0.5) is 0 Å². The molecule has 1 aromatic carbocycles. The number of hydrogen-bond donors (Lipinski definition) is 1. The molecule has 100 valence electrons. The van der Waals surface area contributed by atoms with Crippen LogP contribution in [0.5, 0.6) is 5.75 Å². The molecule has 0 saturated heterocycles. The van der Waals surface area contributed by atoms with Crippen LogP contribution in [-0.2, 0) is 9.53 Å². The van der Waals surface area contributed by atoms with Crippen molar-refractivity contribution >= 4 is 17.6 Å². The van der Waals surface area contributed by atoms with Crippen molar-refractivity contribution < 1.29 is 14.3 Å². The highest BCUT2D eigenvalue weighted by molar-refractivity contribution is 6.31. The van der Waals surface area contributed by atoms with Crippen LogP contribution in [0.1, 0.15) is 31.4 Å². The lowest BCUT2D eigenvalue weighted by molar-refractivity contribution is -0.143. The predicted molar refractivity (Wildman–Crippen MR) is 70.8 cm³/mol. The van der Waals surface area contributed by atoms with Gasteiger partial charge in [-0.2, -0.15) is 0 Å². The van der Waals surface area contributed by atoms with Gasteiger partial charge in [0.05, 0.1) is 13.7 Å². The lowest BCUT2D eigenvalue weighted by Gasteiger charge is -2.14. The topological polar surface area (TPSA) is 61.5 Å². The Kier molecular flexibility index (Phi) is 5.95. The molecule has 2 N–H and O–H groups in total. The fourth-order valence-corrected chi connectivity index (χ4v) is 1.91. The van der Waals surface area contributed by atoms with Gasteiger partial charge in [-0.1, -0.05) is 17.7 Å². The normalized spacial score (nSPS) is 12.0. The summed E-state index contributed by atoms with van der Waals surface area (Å²) in [5.41, 5.74) is 6.81. The number of esters is 1. The Hall–Kier alpha value is -1.26. The Balaban J connectivity index is 2.61. The average molecular weight is 272 g/mol. The predicted octanol–water partition coefficient (Wildman–Crippen LogP) is 2.69. The molecule has 1 rings (SSSR count). The van der Waals surface area contributed by atoms with Gasteiger partial charge in [0.2, 0.25) is 0 Å². The van der Waals surface area contributed by atoms with Crippen LogP contribution >= 0.6 is 11.6 Å². The molecule has 18 heavy (non-hydrogen) atoms. The SMILES string of the molecule is CCOC(=O)CCC(N)c1ccc(OC)cc1Cl. The first-order chi connectivity index (χ1) is 8.58. The summed E-state index contributed by atoms with van der Waals surface area (Å²) < 4.78 is 9.91. The third-order valence-electron chi connectivity index (χ3n) is 2.57. The molecule has 0 aliphatic rings. The van der Waals surface area contributed by atoms with Gasteiger partial charge >= 0.3 is 5.97 Å². The minimum atomic E-state index is -0.284. The number of hydrogen-bond acceptors (Lipinski definition) is 4. The number of benzene rings is 1. The van der Waals surface area contributed by atoms with E-state index >= 15 is 0 Å². The number of nitrogens with two attached hydrogens (primary N) is 1. The molecule has 0 fully saturated rings. The first-order valence-corrected chi connectivity index (χ1v) is 6.21. The van der Waals surface area contributed by atoms with Crippen LogP contribution in [0.15, 0.2) is 18.2 Å². The Morgan fingerprint density at radius 2 is 2.22 bits per heavy atom. The van der Waals surface area contributed by atoms with E-state index in [1.807, 2.05) is 6.07 Å². The van der Waals surface area contributed by atoms with E-state index in [1.54, 1.807) is 26.2 Å². The largest absolute Gasteiger partial charge is 0.497 e. The van der Waals surface area contributed by atoms with Gasteiger partial charge in [-0.25, -0.2) is 0 Å². The van der Waals surface area contributed by atoms with Gasteiger partial charge in [-0.15, -0.1) is 0 Å². The third-order valence-corrected chi connectivity index (χ3v) is 2.90. The van der Waals surface area contributed by atoms with E-state index in [9.17, 15) is 4.79 Å². The van der Waals surface area contributed by atoms with E-state index in [1.165, 1.54) is 0 Å². The molecular weight excluding hydrogens is 254 g/mol. The van der Waals surface area contributed by atoms with Crippen molar-refractivity contribution in [2.75, 3.05) is 13.7 Å². The van der Waals surface area contributed by atoms with E-state index in [0.717, 1.165) is 5.56 Å². The van der Waals surface area contributed by atoms with Gasteiger partial charge in [0.25, 0.3) is 0 Å². The van der Waals surface area contributed by atoms with Crippen molar-refractivity contribution in [3.63, 3.8) is 0 Å². The number of ether oxygens (including phenoxy) is 2. The molecule has 4 nitrogen and oxygen atoms in total. The average Bonchev–Trinajstić information content (AvgIpc) is 2.36. The van der Waals surface area contributed by atoms with E-state index in [-0.39, 0.29) is 18.4 Å². The monoisotopic (exact) mass is 271 g/mol. The first kappa shape index (κ1) is 14.8. The summed E-state index contributed by atoms with van der Waals surface area (Å²) in [7, 11) is 1.58. The standard InChI is InChI=1S/C13H18ClNO3/c1-3-18-13(16)7-6-12(15)10-5-4-9(17-2)8-11(10)14/h4-5,8,12H,3,6-7,15H2,1-2H3. The lowest BCUT2D eigenvalue weighted by Crippen LogP contribution is -2.14. The molecular formula is C13H18ClNO3. The molecule has 0 radical (unpaired) electrons. The van der Waals surface area contributed by atoms with Gasteiger partial charge in [-0.05, 0) is 31.0 Å². The maximum Gasteiger partial charge on any atom is 0.305 e. The van der Waals surface area contributed by atoms with Crippen molar-refractivity contribution in [1.82, 2.24) is 0 Å². The van der Waals surface area contributed by atoms with Crippen LogP contribution in [-0.4, -0.2) is 19.7 Å². The molecule has 1 atom stereocenters. The molecule has 0 bridgehead atoms. The number of methoxy groups -OCH3 is 1. The Morgan fingerprint density at radius 1 is 1.50 bits per heavy atom. The van der Waals surface area contributed by atoms with E-state index in [4.69, 9.17) is 26.8 Å².